The molecular weight excluding hydrogens is 230 g/mol. The zero-order valence-electron chi connectivity index (χ0n) is 9.35. The van der Waals surface area contributed by atoms with E-state index in [4.69, 9.17) is 0 Å². The van der Waals surface area contributed by atoms with Gasteiger partial charge in [0.15, 0.2) is 0 Å². The Labute approximate surface area is 95.5 Å². The topological polar surface area (TPSA) is 74.7 Å². The van der Waals surface area contributed by atoms with Crippen molar-refractivity contribution < 1.29 is 18.3 Å². The molecule has 0 radical (unpaired) electrons. The van der Waals surface area contributed by atoms with E-state index < -0.39 is 21.5 Å². The van der Waals surface area contributed by atoms with Crippen LogP contribution >= 0.6 is 0 Å². The summed E-state index contributed by atoms with van der Waals surface area (Å²) in [5.74, 6) is -1.00. The van der Waals surface area contributed by atoms with E-state index >= 15 is 0 Å². The van der Waals surface area contributed by atoms with Gasteiger partial charge in [-0.2, -0.15) is 4.31 Å². The van der Waals surface area contributed by atoms with Gasteiger partial charge < -0.3 is 5.11 Å². The Morgan fingerprint density at radius 1 is 1.31 bits per heavy atom. The molecule has 0 aliphatic heterocycles. The van der Waals surface area contributed by atoms with E-state index in [1.54, 1.807) is 0 Å². The summed E-state index contributed by atoms with van der Waals surface area (Å²) < 4.78 is 25.2. The van der Waals surface area contributed by atoms with Gasteiger partial charge in [-0.25, -0.2) is 8.42 Å². The highest BCUT2D eigenvalue weighted by atomic mass is 32.2. The molecule has 2 fully saturated rings. The molecule has 0 atom stereocenters. The van der Waals surface area contributed by atoms with Crippen LogP contribution in [0.2, 0.25) is 0 Å². The first kappa shape index (κ1) is 11.9. The highest BCUT2D eigenvalue weighted by molar-refractivity contribution is 7.90. The lowest BCUT2D eigenvalue weighted by molar-refractivity contribution is -0.147. The fourth-order valence-corrected chi connectivity index (χ4v) is 4.38. The van der Waals surface area contributed by atoms with Crippen LogP contribution in [0.3, 0.4) is 0 Å². The van der Waals surface area contributed by atoms with Crippen molar-refractivity contribution >= 4 is 16.0 Å². The minimum absolute atomic E-state index is 0.339. The van der Waals surface area contributed by atoms with Crippen molar-refractivity contribution in [3.8, 4) is 0 Å². The quantitative estimate of drug-likeness (QED) is 0.797. The molecule has 16 heavy (non-hydrogen) atoms. The van der Waals surface area contributed by atoms with Crippen LogP contribution in [0, 0.1) is 0 Å². The summed E-state index contributed by atoms with van der Waals surface area (Å²) in [5.41, 5.74) is -1.18. The lowest BCUT2D eigenvalue weighted by Gasteiger charge is -2.33. The van der Waals surface area contributed by atoms with Gasteiger partial charge in [0.2, 0.25) is 10.0 Å². The van der Waals surface area contributed by atoms with Gasteiger partial charge in [-0.3, -0.25) is 4.79 Å². The molecule has 0 saturated heterocycles. The first-order valence-corrected chi connectivity index (χ1v) is 7.13. The zero-order valence-corrected chi connectivity index (χ0v) is 10.2. The number of carboxylic acid groups (broad SMARTS) is 1. The molecule has 0 amide bonds. The van der Waals surface area contributed by atoms with Gasteiger partial charge in [0.05, 0.1) is 5.25 Å². The van der Waals surface area contributed by atoms with Crippen molar-refractivity contribution in [2.45, 2.75) is 49.3 Å². The second-order valence-electron chi connectivity index (χ2n) is 4.76. The molecule has 0 unspecified atom stereocenters. The highest BCUT2D eigenvalue weighted by Crippen LogP contribution is 2.40. The van der Waals surface area contributed by atoms with E-state index in [9.17, 15) is 18.3 Å². The molecular formula is C10H17NO4S. The first-order valence-electron chi connectivity index (χ1n) is 5.62. The normalized spacial score (nSPS) is 24.9. The van der Waals surface area contributed by atoms with E-state index in [0.29, 0.717) is 25.7 Å². The van der Waals surface area contributed by atoms with Gasteiger partial charge in [-0.1, -0.05) is 12.8 Å². The summed E-state index contributed by atoms with van der Waals surface area (Å²) >= 11 is 0. The van der Waals surface area contributed by atoms with Gasteiger partial charge in [0.1, 0.15) is 5.54 Å². The van der Waals surface area contributed by atoms with Crippen LogP contribution in [0.5, 0.6) is 0 Å². The maximum atomic E-state index is 12.1. The number of carboxylic acids is 1. The second kappa shape index (κ2) is 3.70. The number of aliphatic carboxylic acids is 1. The Morgan fingerprint density at radius 2 is 1.81 bits per heavy atom. The molecule has 0 heterocycles. The molecule has 2 aliphatic carbocycles. The van der Waals surface area contributed by atoms with Crippen molar-refractivity contribution in [2.24, 2.45) is 0 Å². The Kier molecular flexibility index (Phi) is 2.74. The molecule has 92 valence electrons. The second-order valence-corrected chi connectivity index (χ2v) is 7.00. The molecule has 2 saturated carbocycles. The molecule has 0 bridgehead atoms. The zero-order chi connectivity index (χ0) is 12.0. The number of hydrogen-bond donors (Lipinski definition) is 1. The van der Waals surface area contributed by atoms with Crippen molar-refractivity contribution in [3.63, 3.8) is 0 Å². The van der Waals surface area contributed by atoms with E-state index in [2.05, 4.69) is 0 Å². The molecule has 5 nitrogen and oxygen atoms in total. The van der Waals surface area contributed by atoms with Gasteiger partial charge in [0.25, 0.3) is 0 Å². The van der Waals surface area contributed by atoms with Gasteiger partial charge in [-0.05, 0) is 25.7 Å². The summed E-state index contributed by atoms with van der Waals surface area (Å²) in [6.07, 6.45) is 3.79. The maximum absolute atomic E-state index is 12.1. The molecule has 0 aromatic heterocycles. The van der Waals surface area contributed by atoms with Crippen molar-refractivity contribution in [2.75, 3.05) is 7.05 Å². The van der Waals surface area contributed by atoms with Crippen molar-refractivity contribution in [3.05, 3.63) is 0 Å². The number of hydrogen-bond acceptors (Lipinski definition) is 3. The third kappa shape index (κ3) is 1.64. The average molecular weight is 247 g/mol. The number of carbonyl (C=O) groups is 1. The fourth-order valence-electron chi connectivity index (χ4n) is 2.46. The average Bonchev–Trinajstić information content (AvgIpc) is 2.96. The summed E-state index contributed by atoms with van der Waals surface area (Å²) in [4.78, 5) is 11.3. The van der Waals surface area contributed by atoms with Gasteiger partial charge in [0, 0.05) is 7.05 Å². The molecule has 0 spiro atoms. The predicted molar refractivity (Wildman–Crippen MR) is 58.5 cm³/mol. The molecule has 0 aromatic carbocycles. The van der Waals surface area contributed by atoms with Crippen LogP contribution in [0.15, 0.2) is 0 Å². The first-order chi connectivity index (χ1) is 7.41. The third-order valence-corrected chi connectivity index (χ3v) is 6.19. The van der Waals surface area contributed by atoms with Crippen LogP contribution in [0.1, 0.15) is 38.5 Å². The van der Waals surface area contributed by atoms with E-state index in [1.165, 1.54) is 7.05 Å². The Balaban J connectivity index is 2.30. The summed E-state index contributed by atoms with van der Waals surface area (Å²) in [6.45, 7) is 0. The van der Waals surface area contributed by atoms with Crippen LogP contribution < -0.4 is 0 Å². The van der Waals surface area contributed by atoms with Gasteiger partial charge >= 0.3 is 5.97 Å². The molecule has 2 aliphatic rings. The number of sulfonamides is 1. The van der Waals surface area contributed by atoms with Gasteiger partial charge in [-0.15, -0.1) is 0 Å². The molecule has 2 rings (SSSR count). The fraction of sp³-hybridized carbons (Fsp3) is 0.900. The number of nitrogens with zero attached hydrogens (tertiary/aromatic N) is 1. The van der Waals surface area contributed by atoms with Crippen LogP contribution in [0.4, 0.5) is 0 Å². The summed E-state index contributed by atoms with van der Waals surface area (Å²) in [5, 5.41) is 8.95. The predicted octanol–water partition coefficient (Wildman–Crippen LogP) is 0.808. The Bertz CT molecular complexity index is 393. The van der Waals surface area contributed by atoms with Crippen molar-refractivity contribution in [1.29, 1.82) is 0 Å². The van der Waals surface area contributed by atoms with E-state index in [-0.39, 0.29) is 5.25 Å². The van der Waals surface area contributed by atoms with Crippen LogP contribution in [-0.4, -0.2) is 41.6 Å². The largest absolute Gasteiger partial charge is 0.480 e. The standard InChI is InChI=1S/C10H17NO4S/c1-11(16(14,15)8-4-5-8)10(9(12)13)6-2-3-7-10/h8H,2-7H2,1H3,(H,12,13). The minimum Gasteiger partial charge on any atom is -0.480 e. The SMILES string of the molecule is CN(C1(C(=O)O)CCCC1)S(=O)(=O)C1CC1. The van der Waals surface area contributed by atoms with Crippen LogP contribution in [0.25, 0.3) is 0 Å². The summed E-state index contributed by atoms with van der Waals surface area (Å²) in [7, 11) is -1.98. The molecule has 0 aromatic rings. The van der Waals surface area contributed by atoms with E-state index in [0.717, 1.165) is 17.1 Å². The number of rotatable bonds is 4. The number of likely N-dealkylation sites (N-methyl/N-ethyl adjacent to an activating group) is 1. The summed E-state index contributed by atoms with van der Waals surface area (Å²) in [6, 6.07) is 0. The minimum atomic E-state index is -3.40. The van der Waals surface area contributed by atoms with Crippen molar-refractivity contribution in [1.82, 2.24) is 4.31 Å². The van der Waals surface area contributed by atoms with Crippen LogP contribution in [-0.2, 0) is 14.8 Å². The highest BCUT2D eigenvalue weighted by Gasteiger charge is 2.52. The Morgan fingerprint density at radius 3 is 2.19 bits per heavy atom. The van der Waals surface area contributed by atoms with E-state index in [1.807, 2.05) is 0 Å². The lowest BCUT2D eigenvalue weighted by atomic mass is 9.98. The smallest absolute Gasteiger partial charge is 0.325 e. The molecule has 6 heteroatoms. The lowest BCUT2D eigenvalue weighted by Crippen LogP contribution is -2.54. The Hall–Kier alpha value is -0.620. The maximum Gasteiger partial charge on any atom is 0.325 e. The third-order valence-electron chi connectivity index (χ3n) is 3.76. The monoisotopic (exact) mass is 247 g/mol. The molecule has 1 N–H and O–H groups in total.